The van der Waals surface area contributed by atoms with E-state index in [0.717, 1.165) is 19.3 Å². The van der Waals surface area contributed by atoms with Crippen molar-refractivity contribution in [2.75, 3.05) is 6.54 Å². The number of carbonyl (C=O) groups excluding carboxylic acids is 2. The number of aromatic amines is 1. The third kappa shape index (κ3) is 5.83. The first-order valence-electron chi connectivity index (χ1n) is 10.9. The molecule has 1 aliphatic rings. The molecule has 3 rings (SSSR count). The summed E-state index contributed by atoms with van der Waals surface area (Å²) in [5.74, 6) is 0.0822. The average molecular weight is 429 g/mol. The van der Waals surface area contributed by atoms with E-state index in [9.17, 15) is 14.4 Å². The number of amides is 2. The zero-order valence-corrected chi connectivity index (χ0v) is 18.7. The number of ether oxygens (including phenoxy) is 1. The van der Waals surface area contributed by atoms with E-state index < -0.39 is 11.7 Å². The van der Waals surface area contributed by atoms with Crippen LogP contribution in [0, 0.1) is 5.92 Å². The monoisotopic (exact) mass is 428 g/mol. The van der Waals surface area contributed by atoms with E-state index >= 15 is 0 Å². The number of nitrogens with zero attached hydrogens (tertiary/aromatic N) is 2. The number of fused-ring (bicyclic) bond motifs is 1. The molecule has 8 nitrogen and oxygen atoms in total. The fourth-order valence-corrected chi connectivity index (χ4v) is 4.03. The Morgan fingerprint density at radius 3 is 2.65 bits per heavy atom. The van der Waals surface area contributed by atoms with Crippen LogP contribution in [0.5, 0.6) is 0 Å². The molecule has 0 unspecified atom stereocenters. The van der Waals surface area contributed by atoms with Gasteiger partial charge in [-0.05, 0) is 52.7 Å². The van der Waals surface area contributed by atoms with E-state index in [1.165, 1.54) is 0 Å². The average Bonchev–Trinajstić information content (AvgIpc) is 2.70. The lowest BCUT2D eigenvalue weighted by Gasteiger charge is -2.35. The van der Waals surface area contributed by atoms with Gasteiger partial charge in [0.1, 0.15) is 11.4 Å². The van der Waals surface area contributed by atoms with Gasteiger partial charge in [-0.25, -0.2) is 9.78 Å². The molecule has 168 valence electrons. The molecule has 0 bridgehead atoms. The second kappa shape index (κ2) is 9.49. The Kier molecular flexibility index (Phi) is 6.97. The number of carbonyl (C=O) groups is 2. The normalized spacial score (nSPS) is 19.1. The van der Waals surface area contributed by atoms with Gasteiger partial charge < -0.3 is 19.9 Å². The standard InChI is InChI=1S/C23H32N4O4/c1-5-27(14-19-24-17-12-8-6-10-15(17)20(28)26-19)21(29)16-11-7-9-13-18(16)25-22(30)31-23(2,3)4/h6,8,10,12,16,18H,5,7,9,11,13-14H2,1-4H3,(H,25,30)(H,24,26,28)/t16-,18-/m0/s1. The van der Waals surface area contributed by atoms with Crippen molar-refractivity contribution in [3.63, 3.8) is 0 Å². The van der Waals surface area contributed by atoms with E-state index in [1.54, 1.807) is 23.1 Å². The number of aromatic nitrogens is 2. The number of alkyl carbamates (subject to hydrolysis) is 1. The van der Waals surface area contributed by atoms with Crippen LogP contribution in [0.2, 0.25) is 0 Å². The van der Waals surface area contributed by atoms with E-state index in [-0.39, 0.29) is 30.0 Å². The lowest BCUT2D eigenvalue weighted by Crippen LogP contribution is -2.50. The van der Waals surface area contributed by atoms with Crippen molar-refractivity contribution < 1.29 is 14.3 Å². The highest BCUT2D eigenvalue weighted by Crippen LogP contribution is 2.27. The predicted octanol–water partition coefficient (Wildman–Crippen LogP) is 3.36. The Hall–Kier alpha value is -2.90. The van der Waals surface area contributed by atoms with E-state index in [1.807, 2.05) is 33.8 Å². The van der Waals surface area contributed by atoms with Crippen LogP contribution in [0.1, 0.15) is 59.2 Å². The van der Waals surface area contributed by atoms with Crippen molar-refractivity contribution in [1.82, 2.24) is 20.2 Å². The van der Waals surface area contributed by atoms with Crippen molar-refractivity contribution in [2.45, 2.75) is 71.6 Å². The van der Waals surface area contributed by atoms with Crippen LogP contribution >= 0.6 is 0 Å². The third-order valence-corrected chi connectivity index (χ3v) is 5.48. The summed E-state index contributed by atoms with van der Waals surface area (Å²) < 4.78 is 5.38. The Labute approximate surface area is 182 Å². The molecule has 0 radical (unpaired) electrons. The number of para-hydroxylation sites is 1. The Morgan fingerprint density at radius 1 is 1.23 bits per heavy atom. The molecule has 1 aromatic carbocycles. The summed E-state index contributed by atoms with van der Waals surface area (Å²) in [4.78, 5) is 47.0. The second-order valence-electron chi connectivity index (χ2n) is 9.03. The minimum atomic E-state index is -0.596. The highest BCUT2D eigenvalue weighted by atomic mass is 16.6. The quantitative estimate of drug-likeness (QED) is 0.760. The Morgan fingerprint density at radius 2 is 1.94 bits per heavy atom. The van der Waals surface area contributed by atoms with Gasteiger partial charge in [0.05, 0.1) is 23.4 Å². The molecule has 1 fully saturated rings. The fourth-order valence-electron chi connectivity index (χ4n) is 4.03. The zero-order chi connectivity index (χ0) is 22.6. The van der Waals surface area contributed by atoms with Crippen molar-refractivity contribution in [3.8, 4) is 0 Å². The summed E-state index contributed by atoms with van der Waals surface area (Å²) in [7, 11) is 0. The van der Waals surface area contributed by atoms with Gasteiger partial charge >= 0.3 is 6.09 Å². The van der Waals surface area contributed by atoms with Crippen LogP contribution in [0.25, 0.3) is 10.9 Å². The number of nitrogens with one attached hydrogen (secondary N) is 2. The molecular formula is C23H32N4O4. The minimum Gasteiger partial charge on any atom is -0.444 e. The smallest absolute Gasteiger partial charge is 0.407 e. The van der Waals surface area contributed by atoms with E-state index in [0.29, 0.717) is 29.7 Å². The van der Waals surface area contributed by atoms with Gasteiger partial charge in [0.25, 0.3) is 5.56 Å². The molecule has 31 heavy (non-hydrogen) atoms. The Bertz CT molecular complexity index is 995. The lowest BCUT2D eigenvalue weighted by atomic mass is 9.83. The second-order valence-corrected chi connectivity index (χ2v) is 9.03. The maximum Gasteiger partial charge on any atom is 0.407 e. The third-order valence-electron chi connectivity index (χ3n) is 5.48. The molecule has 2 aromatic rings. The topological polar surface area (TPSA) is 104 Å². The van der Waals surface area contributed by atoms with Gasteiger partial charge in [-0.1, -0.05) is 25.0 Å². The summed E-state index contributed by atoms with van der Waals surface area (Å²) in [5.41, 5.74) is -0.209. The SMILES string of the molecule is CCN(Cc1nc2ccccc2c(=O)[nH]1)C(=O)[C@H]1CCCC[C@@H]1NC(=O)OC(C)(C)C. The summed E-state index contributed by atoms with van der Waals surface area (Å²) in [6.45, 7) is 8.02. The van der Waals surface area contributed by atoms with Gasteiger partial charge in [0.2, 0.25) is 5.91 Å². The van der Waals surface area contributed by atoms with Crippen molar-refractivity contribution in [2.24, 2.45) is 5.92 Å². The lowest BCUT2D eigenvalue weighted by molar-refractivity contribution is -0.138. The molecule has 2 N–H and O–H groups in total. The Balaban J connectivity index is 1.75. The van der Waals surface area contributed by atoms with Crippen LogP contribution in [0.4, 0.5) is 4.79 Å². The van der Waals surface area contributed by atoms with Crippen LogP contribution < -0.4 is 10.9 Å². The molecule has 2 amide bonds. The van der Waals surface area contributed by atoms with Gasteiger partial charge in [-0.15, -0.1) is 0 Å². The van der Waals surface area contributed by atoms with Crippen LogP contribution in [0.15, 0.2) is 29.1 Å². The maximum atomic E-state index is 13.4. The molecular weight excluding hydrogens is 396 g/mol. The molecule has 1 saturated carbocycles. The first kappa shape index (κ1) is 22.8. The number of benzene rings is 1. The van der Waals surface area contributed by atoms with E-state index in [4.69, 9.17) is 4.74 Å². The van der Waals surface area contributed by atoms with Crippen molar-refractivity contribution in [1.29, 1.82) is 0 Å². The number of hydrogen-bond donors (Lipinski definition) is 2. The fraction of sp³-hybridized carbons (Fsp3) is 0.565. The molecule has 0 aliphatic heterocycles. The zero-order valence-electron chi connectivity index (χ0n) is 18.7. The first-order valence-corrected chi connectivity index (χ1v) is 10.9. The van der Waals surface area contributed by atoms with Gasteiger partial charge in [0.15, 0.2) is 0 Å². The van der Waals surface area contributed by atoms with Crippen molar-refractivity contribution >= 4 is 22.9 Å². The number of rotatable bonds is 5. The van der Waals surface area contributed by atoms with Crippen LogP contribution in [-0.4, -0.2) is 45.1 Å². The molecule has 0 saturated heterocycles. The summed E-state index contributed by atoms with van der Waals surface area (Å²) in [6, 6.07) is 6.86. The predicted molar refractivity (Wildman–Crippen MR) is 119 cm³/mol. The number of hydrogen-bond acceptors (Lipinski definition) is 5. The van der Waals surface area contributed by atoms with Gasteiger partial charge in [-0.2, -0.15) is 0 Å². The van der Waals surface area contributed by atoms with Gasteiger partial charge in [0, 0.05) is 12.6 Å². The minimum absolute atomic E-state index is 0.0425. The molecule has 1 heterocycles. The summed E-state index contributed by atoms with van der Waals surface area (Å²) in [6.07, 6.45) is 2.83. The molecule has 0 spiro atoms. The molecule has 1 aliphatic carbocycles. The van der Waals surface area contributed by atoms with Crippen molar-refractivity contribution in [3.05, 3.63) is 40.4 Å². The van der Waals surface area contributed by atoms with E-state index in [2.05, 4.69) is 15.3 Å². The molecule has 8 heteroatoms. The summed E-state index contributed by atoms with van der Waals surface area (Å²) >= 11 is 0. The maximum absolute atomic E-state index is 13.4. The molecule has 2 atom stereocenters. The summed E-state index contributed by atoms with van der Waals surface area (Å²) in [5, 5.41) is 3.42. The first-order chi connectivity index (χ1) is 14.7. The largest absolute Gasteiger partial charge is 0.444 e. The highest BCUT2D eigenvalue weighted by molar-refractivity contribution is 5.81. The van der Waals surface area contributed by atoms with Gasteiger partial charge in [-0.3, -0.25) is 9.59 Å². The van der Waals surface area contributed by atoms with Crippen LogP contribution in [0.3, 0.4) is 0 Å². The molecule has 1 aromatic heterocycles. The highest BCUT2D eigenvalue weighted by Gasteiger charge is 2.35. The number of H-pyrrole nitrogens is 1. The van der Waals surface area contributed by atoms with Crippen LogP contribution in [-0.2, 0) is 16.1 Å².